The molecule has 1 amide bonds. The summed E-state index contributed by atoms with van der Waals surface area (Å²) < 4.78 is 0. The predicted molar refractivity (Wildman–Crippen MR) is 73.7 cm³/mol. The summed E-state index contributed by atoms with van der Waals surface area (Å²) >= 11 is 0. The van der Waals surface area contributed by atoms with Gasteiger partial charge >= 0.3 is 5.97 Å². The van der Waals surface area contributed by atoms with Gasteiger partial charge in [-0.1, -0.05) is 31.2 Å². The second-order valence-electron chi connectivity index (χ2n) is 6.09. The summed E-state index contributed by atoms with van der Waals surface area (Å²) in [7, 11) is 0. The number of hydrogen-bond donors (Lipinski definition) is 1. The molecule has 0 aromatic heterocycles. The van der Waals surface area contributed by atoms with E-state index in [0.29, 0.717) is 31.8 Å². The predicted octanol–water partition coefficient (Wildman–Crippen LogP) is 2.28. The van der Waals surface area contributed by atoms with Crippen molar-refractivity contribution in [3.8, 4) is 0 Å². The van der Waals surface area contributed by atoms with Crippen molar-refractivity contribution in [1.29, 1.82) is 0 Å². The average Bonchev–Trinajstić information content (AvgIpc) is 3.01. The zero-order chi connectivity index (χ0) is 14.3. The normalized spacial score (nSPS) is 28.4. The van der Waals surface area contributed by atoms with Crippen molar-refractivity contribution < 1.29 is 14.7 Å². The van der Waals surface area contributed by atoms with Crippen molar-refractivity contribution in [2.75, 3.05) is 0 Å². The lowest BCUT2D eigenvalue weighted by molar-refractivity contribution is -0.149. The zero-order valence-electron chi connectivity index (χ0n) is 11.6. The number of carboxylic acid groups (broad SMARTS) is 1. The lowest BCUT2D eigenvalue weighted by atomic mass is 9.95. The Balaban J connectivity index is 1.76. The van der Waals surface area contributed by atoms with E-state index in [1.165, 1.54) is 11.1 Å². The molecule has 106 valence electrons. The molecular weight excluding hydrogens is 254 g/mol. The quantitative estimate of drug-likeness (QED) is 0.899. The van der Waals surface area contributed by atoms with Gasteiger partial charge in [0, 0.05) is 13.1 Å². The van der Waals surface area contributed by atoms with Crippen LogP contribution in [0.25, 0.3) is 0 Å². The largest absolute Gasteiger partial charge is 0.481 e. The highest BCUT2D eigenvalue weighted by Gasteiger charge is 2.43. The second kappa shape index (κ2) is 4.93. The summed E-state index contributed by atoms with van der Waals surface area (Å²) in [6.07, 6.45) is 1.31. The highest BCUT2D eigenvalue weighted by Crippen LogP contribution is 2.38. The van der Waals surface area contributed by atoms with Crippen LogP contribution >= 0.6 is 0 Å². The molecule has 2 aliphatic rings. The first-order valence-electron chi connectivity index (χ1n) is 7.14. The number of benzene rings is 1. The Labute approximate surface area is 118 Å². The van der Waals surface area contributed by atoms with E-state index in [2.05, 4.69) is 0 Å². The monoisotopic (exact) mass is 273 g/mol. The van der Waals surface area contributed by atoms with Crippen LogP contribution in [-0.2, 0) is 22.7 Å². The summed E-state index contributed by atoms with van der Waals surface area (Å²) in [5.41, 5.74) is 2.36. The number of carbonyl (C=O) groups excluding carboxylic acids is 1. The van der Waals surface area contributed by atoms with E-state index in [1.807, 2.05) is 36.1 Å². The molecule has 1 N–H and O–H groups in total. The highest BCUT2D eigenvalue weighted by molar-refractivity contribution is 5.85. The molecule has 1 aliphatic carbocycles. The SMILES string of the molecule is CC1C[C@H](C(=O)N2Cc3ccccc3C2)[C@H](C(=O)O)C1. The summed E-state index contributed by atoms with van der Waals surface area (Å²) in [6, 6.07) is 8.03. The Bertz CT molecular complexity index is 529. The van der Waals surface area contributed by atoms with Gasteiger partial charge in [-0.15, -0.1) is 0 Å². The van der Waals surface area contributed by atoms with Gasteiger partial charge in [-0.25, -0.2) is 0 Å². The maximum atomic E-state index is 12.6. The van der Waals surface area contributed by atoms with Crippen LogP contribution in [0.15, 0.2) is 24.3 Å². The number of amides is 1. The smallest absolute Gasteiger partial charge is 0.307 e. The van der Waals surface area contributed by atoms with E-state index in [9.17, 15) is 14.7 Å². The van der Waals surface area contributed by atoms with E-state index in [-0.39, 0.29) is 11.8 Å². The third kappa shape index (κ3) is 2.19. The second-order valence-corrected chi connectivity index (χ2v) is 6.09. The van der Waals surface area contributed by atoms with E-state index in [4.69, 9.17) is 0 Å². The molecule has 4 heteroatoms. The number of carboxylic acids is 1. The fraction of sp³-hybridized carbons (Fsp3) is 0.500. The van der Waals surface area contributed by atoms with Crippen molar-refractivity contribution in [3.63, 3.8) is 0 Å². The maximum Gasteiger partial charge on any atom is 0.307 e. The Morgan fingerprint density at radius 2 is 1.65 bits per heavy atom. The average molecular weight is 273 g/mol. The van der Waals surface area contributed by atoms with Crippen LogP contribution in [0.1, 0.15) is 30.9 Å². The molecule has 1 fully saturated rings. The van der Waals surface area contributed by atoms with Gasteiger partial charge in [0.25, 0.3) is 0 Å². The first-order valence-corrected chi connectivity index (χ1v) is 7.14. The molecule has 0 bridgehead atoms. The van der Waals surface area contributed by atoms with Gasteiger partial charge in [-0.2, -0.15) is 0 Å². The van der Waals surface area contributed by atoms with Crippen LogP contribution in [0, 0.1) is 17.8 Å². The summed E-state index contributed by atoms with van der Waals surface area (Å²) in [4.78, 5) is 25.8. The van der Waals surface area contributed by atoms with Gasteiger partial charge in [-0.05, 0) is 29.9 Å². The molecule has 0 radical (unpaired) electrons. The van der Waals surface area contributed by atoms with Crippen molar-refractivity contribution in [3.05, 3.63) is 35.4 Å². The van der Waals surface area contributed by atoms with Gasteiger partial charge in [0.1, 0.15) is 0 Å². The molecule has 1 aliphatic heterocycles. The lowest BCUT2D eigenvalue weighted by Crippen LogP contribution is -2.36. The van der Waals surface area contributed by atoms with Crippen molar-refractivity contribution in [1.82, 2.24) is 4.90 Å². The summed E-state index contributed by atoms with van der Waals surface area (Å²) in [5, 5.41) is 9.30. The minimum atomic E-state index is -0.829. The van der Waals surface area contributed by atoms with E-state index in [0.717, 1.165) is 0 Å². The van der Waals surface area contributed by atoms with Crippen LogP contribution in [0.5, 0.6) is 0 Å². The fourth-order valence-electron chi connectivity index (χ4n) is 3.56. The summed E-state index contributed by atoms with van der Waals surface area (Å²) in [5.74, 6) is -1.37. The minimum absolute atomic E-state index is 0.0120. The number of fused-ring (bicyclic) bond motifs is 1. The van der Waals surface area contributed by atoms with Gasteiger partial charge in [0.2, 0.25) is 5.91 Å². The Kier molecular flexibility index (Phi) is 3.24. The van der Waals surface area contributed by atoms with Crippen LogP contribution < -0.4 is 0 Å². The first kappa shape index (κ1) is 13.2. The van der Waals surface area contributed by atoms with Crippen LogP contribution in [0.4, 0.5) is 0 Å². The highest BCUT2D eigenvalue weighted by atomic mass is 16.4. The molecular formula is C16H19NO3. The molecule has 4 nitrogen and oxygen atoms in total. The van der Waals surface area contributed by atoms with E-state index >= 15 is 0 Å². The molecule has 3 atom stereocenters. The molecule has 0 spiro atoms. The molecule has 1 heterocycles. The van der Waals surface area contributed by atoms with Crippen LogP contribution in [-0.4, -0.2) is 21.9 Å². The van der Waals surface area contributed by atoms with E-state index < -0.39 is 11.9 Å². The summed E-state index contributed by atoms with van der Waals surface area (Å²) in [6.45, 7) is 3.26. The van der Waals surface area contributed by atoms with Crippen LogP contribution in [0.2, 0.25) is 0 Å². The standard InChI is InChI=1S/C16H19NO3/c1-10-6-13(14(7-10)16(19)20)15(18)17-8-11-4-2-3-5-12(11)9-17/h2-5,10,13-14H,6-9H2,1H3,(H,19,20)/t10?,13-,14+/m0/s1. The molecule has 1 saturated carbocycles. The van der Waals surface area contributed by atoms with Gasteiger partial charge < -0.3 is 10.0 Å². The van der Waals surface area contributed by atoms with E-state index in [1.54, 1.807) is 0 Å². The third-order valence-corrected chi connectivity index (χ3v) is 4.59. The van der Waals surface area contributed by atoms with Crippen molar-refractivity contribution >= 4 is 11.9 Å². The van der Waals surface area contributed by atoms with Gasteiger partial charge in [0.05, 0.1) is 11.8 Å². The van der Waals surface area contributed by atoms with Crippen LogP contribution in [0.3, 0.4) is 0 Å². The minimum Gasteiger partial charge on any atom is -0.481 e. The Hall–Kier alpha value is -1.84. The molecule has 1 unspecified atom stereocenters. The Morgan fingerprint density at radius 3 is 2.20 bits per heavy atom. The zero-order valence-corrected chi connectivity index (χ0v) is 11.6. The molecule has 1 aromatic rings. The van der Waals surface area contributed by atoms with Gasteiger partial charge in [-0.3, -0.25) is 9.59 Å². The van der Waals surface area contributed by atoms with Crippen molar-refractivity contribution in [2.24, 2.45) is 17.8 Å². The number of nitrogens with zero attached hydrogens (tertiary/aromatic N) is 1. The van der Waals surface area contributed by atoms with Crippen molar-refractivity contribution in [2.45, 2.75) is 32.9 Å². The molecule has 1 aromatic carbocycles. The lowest BCUT2D eigenvalue weighted by Gasteiger charge is -2.22. The number of hydrogen-bond acceptors (Lipinski definition) is 2. The number of carbonyl (C=O) groups is 2. The number of aliphatic carboxylic acids is 1. The topological polar surface area (TPSA) is 57.6 Å². The maximum absolute atomic E-state index is 12.6. The third-order valence-electron chi connectivity index (χ3n) is 4.59. The Morgan fingerprint density at radius 1 is 1.10 bits per heavy atom. The molecule has 0 saturated heterocycles. The molecule has 3 rings (SSSR count). The van der Waals surface area contributed by atoms with Gasteiger partial charge in [0.15, 0.2) is 0 Å². The molecule has 20 heavy (non-hydrogen) atoms. The number of rotatable bonds is 2. The first-order chi connectivity index (χ1) is 9.56. The fourth-order valence-corrected chi connectivity index (χ4v) is 3.56.